The third kappa shape index (κ3) is 3.40. The van der Waals surface area contributed by atoms with Gasteiger partial charge in [-0.25, -0.2) is 0 Å². The number of methoxy groups -OCH3 is 1. The maximum absolute atomic E-state index is 11.7. The number of rotatable bonds is 4. The molecule has 2 aliphatic rings. The third-order valence-corrected chi connectivity index (χ3v) is 3.16. The van der Waals surface area contributed by atoms with Crippen molar-refractivity contribution in [2.75, 3.05) is 13.7 Å². The largest absolute Gasteiger partial charge is 0.469 e. The summed E-state index contributed by atoms with van der Waals surface area (Å²) in [4.78, 5) is 22.8. The molecule has 5 nitrogen and oxygen atoms in total. The van der Waals surface area contributed by atoms with E-state index in [-0.39, 0.29) is 24.6 Å². The molecular weight excluding hydrogens is 236 g/mol. The second-order valence-corrected chi connectivity index (χ2v) is 4.54. The minimum atomic E-state index is -0.399. The Bertz CT molecular complexity index is 354. The Labute approximate surface area is 106 Å². The van der Waals surface area contributed by atoms with Crippen LogP contribution >= 0.6 is 0 Å². The van der Waals surface area contributed by atoms with E-state index in [0.717, 1.165) is 19.3 Å². The van der Waals surface area contributed by atoms with Crippen molar-refractivity contribution in [1.82, 2.24) is 0 Å². The standard InChI is InChI=1S/C13H18O5/c1-16-12(15)7-9-6-10(8-11(9)14)18-13-4-2-3-5-17-13/h6,10,13H,2-5,7-8H2,1H3/t10-,13?/m0/s1. The first-order valence-electron chi connectivity index (χ1n) is 6.27. The van der Waals surface area contributed by atoms with Gasteiger partial charge in [-0.1, -0.05) is 0 Å². The fourth-order valence-corrected chi connectivity index (χ4v) is 2.18. The van der Waals surface area contributed by atoms with Crippen LogP contribution < -0.4 is 0 Å². The number of carbonyl (C=O) groups excluding carboxylic acids is 2. The van der Waals surface area contributed by atoms with E-state index in [1.54, 1.807) is 6.08 Å². The molecule has 1 fully saturated rings. The van der Waals surface area contributed by atoms with Gasteiger partial charge in [0.05, 0.1) is 19.6 Å². The van der Waals surface area contributed by atoms with E-state index in [1.165, 1.54) is 7.11 Å². The number of ether oxygens (including phenoxy) is 3. The van der Waals surface area contributed by atoms with Gasteiger partial charge >= 0.3 is 5.97 Å². The Balaban J connectivity index is 1.87. The van der Waals surface area contributed by atoms with Gasteiger partial charge in [0, 0.05) is 18.6 Å². The van der Waals surface area contributed by atoms with Gasteiger partial charge in [-0.05, 0) is 25.3 Å². The van der Waals surface area contributed by atoms with Gasteiger partial charge in [0.1, 0.15) is 0 Å². The van der Waals surface area contributed by atoms with E-state index in [4.69, 9.17) is 9.47 Å². The number of Topliss-reactive ketones (excluding diaryl/α,β-unsaturated/α-hetero) is 1. The van der Waals surface area contributed by atoms with Gasteiger partial charge in [0.25, 0.3) is 0 Å². The van der Waals surface area contributed by atoms with Crippen LogP contribution in [-0.4, -0.2) is 37.9 Å². The molecule has 1 heterocycles. The van der Waals surface area contributed by atoms with Crippen molar-refractivity contribution in [3.63, 3.8) is 0 Å². The van der Waals surface area contributed by atoms with Crippen LogP contribution in [0.2, 0.25) is 0 Å². The first-order chi connectivity index (χ1) is 8.69. The van der Waals surface area contributed by atoms with Gasteiger partial charge in [0.15, 0.2) is 12.1 Å². The Kier molecular flexibility index (Phi) is 4.49. The van der Waals surface area contributed by atoms with Gasteiger partial charge in [0.2, 0.25) is 0 Å². The first kappa shape index (κ1) is 13.2. The quantitative estimate of drug-likeness (QED) is 0.709. The zero-order valence-corrected chi connectivity index (χ0v) is 10.5. The van der Waals surface area contributed by atoms with Crippen molar-refractivity contribution in [2.24, 2.45) is 0 Å². The lowest BCUT2D eigenvalue weighted by Crippen LogP contribution is -2.26. The molecule has 0 saturated carbocycles. The molecule has 0 N–H and O–H groups in total. The summed E-state index contributed by atoms with van der Waals surface area (Å²) in [7, 11) is 1.31. The van der Waals surface area contributed by atoms with Crippen molar-refractivity contribution in [2.45, 2.75) is 44.5 Å². The maximum atomic E-state index is 11.7. The summed E-state index contributed by atoms with van der Waals surface area (Å²) >= 11 is 0. The molecule has 0 bridgehead atoms. The molecule has 5 heteroatoms. The summed E-state index contributed by atoms with van der Waals surface area (Å²) in [6.07, 6.45) is 4.58. The number of hydrogen-bond donors (Lipinski definition) is 0. The van der Waals surface area contributed by atoms with Gasteiger partial charge in [-0.3, -0.25) is 9.59 Å². The molecule has 0 aromatic rings. The summed E-state index contributed by atoms with van der Waals surface area (Å²) in [5.41, 5.74) is 0.489. The Morgan fingerprint density at radius 3 is 3.00 bits per heavy atom. The molecule has 2 atom stereocenters. The predicted octanol–water partition coefficient (Wildman–Crippen LogP) is 1.36. The molecule has 1 aliphatic carbocycles. The van der Waals surface area contributed by atoms with E-state index in [1.807, 2.05) is 0 Å². The SMILES string of the molecule is COC(=O)CC1=C[C@H](OC2CCCCO2)CC1=O. The topological polar surface area (TPSA) is 61.8 Å². The average molecular weight is 254 g/mol. The van der Waals surface area contributed by atoms with Gasteiger partial charge in [-0.2, -0.15) is 0 Å². The van der Waals surface area contributed by atoms with Crippen molar-refractivity contribution >= 4 is 11.8 Å². The normalized spacial score (nSPS) is 28.1. The highest BCUT2D eigenvalue weighted by molar-refractivity contribution is 6.01. The highest BCUT2D eigenvalue weighted by atomic mass is 16.7. The van der Waals surface area contributed by atoms with Crippen LogP contribution in [0.3, 0.4) is 0 Å². The number of hydrogen-bond acceptors (Lipinski definition) is 5. The second kappa shape index (κ2) is 6.11. The Morgan fingerprint density at radius 2 is 2.33 bits per heavy atom. The molecule has 0 aromatic heterocycles. The average Bonchev–Trinajstić information content (AvgIpc) is 2.70. The zero-order valence-electron chi connectivity index (χ0n) is 10.5. The van der Waals surface area contributed by atoms with Crippen LogP contribution in [-0.2, 0) is 23.8 Å². The Hall–Kier alpha value is -1.20. The summed E-state index contributed by atoms with van der Waals surface area (Å²) in [6.45, 7) is 0.712. The third-order valence-electron chi connectivity index (χ3n) is 3.16. The highest BCUT2D eigenvalue weighted by Gasteiger charge is 2.29. The van der Waals surface area contributed by atoms with Crippen molar-refractivity contribution in [3.8, 4) is 0 Å². The second-order valence-electron chi connectivity index (χ2n) is 4.54. The Morgan fingerprint density at radius 1 is 1.50 bits per heavy atom. The summed E-state index contributed by atoms with van der Waals surface area (Å²) in [6, 6.07) is 0. The first-order valence-corrected chi connectivity index (χ1v) is 6.27. The van der Waals surface area contributed by atoms with Crippen molar-refractivity contribution in [3.05, 3.63) is 11.6 Å². The summed E-state index contributed by atoms with van der Waals surface area (Å²) in [5, 5.41) is 0. The highest BCUT2D eigenvalue weighted by Crippen LogP contribution is 2.24. The molecule has 100 valence electrons. The molecular formula is C13H18O5. The minimum Gasteiger partial charge on any atom is -0.469 e. The molecule has 0 radical (unpaired) electrons. The summed E-state index contributed by atoms with van der Waals surface area (Å²) < 4.78 is 15.7. The van der Waals surface area contributed by atoms with Crippen LogP contribution in [0.15, 0.2) is 11.6 Å². The number of carbonyl (C=O) groups is 2. The zero-order chi connectivity index (χ0) is 13.0. The van der Waals surface area contributed by atoms with Crippen LogP contribution in [0.1, 0.15) is 32.1 Å². The van der Waals surface area contributed by atoms with E-state index < -0.39 is 5.97 Å². The lowest BCUT2D eigenvalue weighted by atomic mass is 10.1. The molecule has 1 saturated heterocycles. The van der Waals surface area contributed by atoms with E-state index in [0.29, 0.717) is 18.6 Å². The van der Waals surface area contributed by atoms with Crippen molar-refractivity contribution in [1.29, 1.82) is 0 Å². The lowest BCUT2D eigenvalue weighted by Gasteiger charge is -2.24. The summed E-state index contributed by atoms with van der Waals surface area (Å²) in [5.74, 6) is -0.439. The molecule has 2 rings (SSSR count). The smallest absolute Gasteiger partial charge is 0.310 e. The molecule has 0 aromatic carbocycles. The molecule has 0 amide bonds. The van der Waals surface area contributed by atoms with Crippen LogP contribution in [0, 0.1) is 0 Å². The predicted molar refractivity (Wildman–Crippen MR) is 62.8 cm³/mol. The van der Waals surface area contributed by atoms with Crippen LogP contribution in [0.5, 0.6) is 0 Å². The lowest BCUT2D eigenvalue weighted by molar-refractivity contribution is -0.178. The maximum Gasteiger partial charge on any atom is 0.310 e. The van der Waals surface area contributed by atoms with Crippen molar-refractivity contribution < 1.29 is 23.8 Å². The molecule has 1 unspecified atom stereocenters. The molecule has 18 heavy (non-hydrogen) atoms. The van der Waals surface area contributed by atoms with Crippen LogP contribution in [0.4, 0.5) is 0 Å². The number of ketones is 1. The number of esters is 1. The van der Waals surface area contributed by atoms with Crippen LogP contribution in [0.25, 0.3) is 0 Å². The minimum absolute atomic E-state index is 0.0285. The monoisotopic (exact) mass is 254 g/mol. The van der Waals surface area contributed by atoms with Gasteiger partial charge < -0.3 is 14.2 Å². The van der Waals surface area contributed by atoms with E-state index >= 15 is 0 Å². The fourth-order valence-electron chi connectivity index (χ4n) is 2.18. The van der Waals surface area contributed by atoms with Gasteiger partial charge in [-0.15, -0.1) is 0 Å². The van der Waals surface area contributed by atoms with E-state index in [9.17, 15) is 9.59 Å². The van der Waals surface area contributed by atoms with E-state index in [2.05, 4.69) is 4.74 Å². The molecule has 1 aliphatic heterocycles. The molecule has 0 spiro atoms. The fraction of sp³-hybridized carbons (Fsp3) is 0.692.